The molecule has 0 saturated heterocycles. The summed E-state index contributed by atoms with van der Waals surface area (Å²) in [7, 11) is -1.95. The van der Waals surface area contributed by atoms with Crippen LogP contribution in [-0.2, 0) is 15.8 Å². The van der Waals surface area contributed by atoms with E-state index in [2.05, 4.69) is 69.1 Å². The lowest BCUT2D eigenvalue weighted by Crippen LogP contribution is -2.47. The van der Waals surface area contributed by atoms with E-state index in [0.29, 0.717) is 27.1 Å². The molecule has 1 aromatic heterocycles. The topological polar surface area (TPSA) is 53.4 Å². The molecule has 0 radical (unpaired) electrons. The van der Waals surface area contributed by atoms with Crippen molar-refractivity contribution in [2.45, 2.75) is 91.1 Å². The molecule has 7 heteroatoms. The van der Waals surface area contributed by atoms with Gasteiger partial charge in [0.25, 0.3) is 0 Å². The Hall–Kier alpha value is -0.413. The van der Waals surface area contributed by atoms with Gasteiger partial charge >= 0.3 is 6.09 Å². The Morgan fingerprint density at radius 2 is 1.64 bits per heavy atom. The summed E-state index contributed by atoms with van der Waals surface area (Å²) in [5, 5.41) is 0. The van der Waals surface area contributed by atoms with E-state index in [9.17, 15) is 4.79 Å². The number of rotatable bonds is 6. The minimum Gasteiger partial charge on any atom is -0.443 e. The Bertz CT molecular complexity index is 570. The predicted octanol–water partition coefficient (Wildman–Crippen LogP) is 5.96. The van der Waals surface area contributed by atoms with Gasteiger partial charge in [-0.3, -0.25) is 0 Å². The van der Waals surface area contributed by atoms with Gasteiger partial charge in [-0.05, 0) is 37.4 Å². The zero-order valence-electron chi connectivity index (χ0n) is 17.0. The third kappa shape index (κ3) is 5.53. The van der Waals surface area contributed by atoms with Gasteiger partial charge in [0.05, 0.1) is 12.3 Å². The molecule has 0 fully saturated rings. The number of carbonyl (C=O) groups excluding carboxylic acids is 1. The van der Waals surface area contributed by atoms with Gasteiger partial charge in [-0.15, -0.1) is 0 Å². The van der Waals surface area contributed by atoms with Gasteiger partial charge in [0.15, 0.2) is 3.83 Å². The lowest BCUT2D eigenvalue weighted by Gasteiger charge is -2.42. The van der Waals surface area contributed by atoms with Crippen molar-refractivity contribution in [1.82, 2.24) is 9.55 Å². The standard InChI is InChI=1S/C18H33IN2O3Si/c1-12(2)25(13(3)4,14(5)6)23-11-15-10-21(16(19)20-15)17(22)24-18(7,8)9/h10,12-14H,11H2,1-9H3. The van der Waals surface area contributed by atoms with Crippen LogP contribution in [-0.4, -0.2) is 29.6 Å². The highest BCUT2D eigenvalue weighted by atomic mass is 127. The van der Waals surface area contributed by atoms with Crippen molar-refractivity contribution in [3.05, 3.63) is 15.7 Å². The molecule has 1 rings (SSSR count). The molecule has 0 spiro atoms. The van der Waals surface area contributed by atoms with E-state index in [1.54, 1.807) is 6.20 Å². The molecular weight excluding hydrogens is 447 g/mol. The maximum atomic E-state index is 12.3. The molecule has 5 nitrogen and oxygen atoms in total. The molecule has 144 valence electrons. The van der Waals surface area contributed by atoms with Gasteiger partial charge in [0.2, 0.25) is 8.32 Å². The van der Waals surface area contributed by atoms with Crippen LogP contribution in [0.4, 0.5) is 4.79 Å². The Morgan fingerprint density at radius 1 is 1.16 bits per heavy atom. The number of ether oxygens (including phenoxy) is 1. The van der Waals surface area contributed by atoms with E-state index in [-0.39, 0.29) is 0 Å². The number of hydrogen-bond acceptors (Lipinski definition) is 4. The second-order valence-corrected chi connectivity index (χ2v) is 14.9. The highest BCUT2D eigenvalue weighted by Crippen LogP contribution is 2.42. The molecule has 0 amide bonds. The molecule has 0 aliphatic heterocycles. The maximum Gasteiger partial charge on any atom is 0.420 e. The van der Waals surface area contributed by atoms with Crippen molar-refractivity contribution in [3.63, 3.8) is 0 Å². The van der Waals surface area contributed by atoms with E-state index in [0.717, 1.165) is 5.69 Å². The minimum absolute atomic E-state index is 0.407. The normalized spacial score (nSPS) is 13.2. The van der Waals surface area contributed by atoms with E-state index in [4.69, 9.17) is 9.16 Å². The number of imidazole rings is 1. The number of halogens is 1. The third-order valence-electron chi connectivity index (χ3n) is 4.48. The molecule has 25 heavy (non-hydrogen) atoms. The number of nitrogens with zero attached hydrogens (tertiary/aromatic N) is 2. The molecular formula is C18H33IN2O3Si. The molecule has 0 aliphatic carbocycles. The lowest BCUT2D eigenvalue weighted by atomic mass is 10.2. The van der Waals surface area contributed by atoms with Gasteiger partial charge in [-0.25, -0.2) is 14.3 Å². The van der Waals surface area contributed by atoms with Crippen LogP contribution in [0.25, 0.3) is 0 Å². The van der Waals surface area contributed by atoms with Crippen LogP contribution in [0.15, 0.2) is 6.20 Å². The van der Waals surface area contributed by atoms with Gasteiger partial charge in [0.1, 0.15) is 5.60 Å². The van der Waals surface area contributed by atoms with E-state index < -0.39 is 20.0 Å². The molecule has 0 bridgehead atoms. The van der Waals surface area contributed by atoms with Crippen molar-refractivity contribution in [2.24, 2.45) is 0 Å². The first-order valence-corrected chi connectivity index (χ1v) is 12.1. The van der Waals surface area contributed by atoms with Gasteiger partial charge in [-0.1, -0.05) is 41.5 Å². The Balaban J connectivity index is 2.98. The summed E-state index contributed by atoms with van der Waals surface area (Å²) in [5.41, 5.74) is 1.78. The molecule has 0 unspecified atom stereocenters. The van der Waals surface area contributed by atoms with Gasteiger partial charge < -0.3 is 9.16 Å². The quantitative estimate of drug-likeness (QED) is 0.372. The molecule has 0 saturated carbocycles. The van der Waals surface area contributed by atoms with Crippen molar-refractivity contribution < 1.29 is 14.0 Å². The first-order chi connectivity index (χ1) is 11.3. The largest absolute Gasteiger partial charge is 0.443 e. The first-order valence-electron chi connectivity index (χ1n) is 8.92. The molecule has 1 aromatic rings. The zero-order chi connectivity index (χ0) is 19.6. The first kappa shape index (κ1) is 22.6. The summed E-state index contributed by atoms with van der Waals surface area (Å²) in [4.78, 5) is 16.8. The fourth-order valence-electron chi connectivity index (χ4n) is 3.61. The average Bonchev–Trinajstić information content (AvgIpc) is 2.77. The lowest BCUT2D eigenvalue weighted by molar-refractivity contribution is 0.0532. The van der Waals surface area contributed by atoms with E-state index in [1.807, 2.05) is 20.8 Å². The fourth-order valence-corrected chi connectivity index (χ4v) is 9.66. The summed E-state index contributed by atoms with van der Waals surface area (Å²) in [6.07, 6.45) is 1.33. The van der Waals surface area contributed by atoms with Crippen LogP contribution >= 0.6 is 22.6 Å². The summed E-state index contributed by atoms with van der Waals surface area (Å²) in [6.45, 7) is 19.6. The van der Waals surface area contributed by atoms with Crippen molar-refractivity contribution in [3.8, 4) is 0 Å². The highest BCUT2D eigenvalue weighted by Gasteiger charge is 2.45. The average molecular weight is 480 g/mol. The molecule has 0 aliphatic rings. The minimum atomic E-state index is -1.95. The van der Waals surface area contributed by atoms with Crippen LogP contribution in [0.1, 0.15) is 68.0 Å². The van der Waals surface area contributed by atoms with Crippen molar-refractivity contribution >= 4 is 37.0 Å². The number of hydrogen-bond donors (Lipinski definition) is 0. The highest BCUT2D eigenvalue weighted by molar-refractivity contribution is 14.1. The van der Waals surface area contributed by atoms with E-state index in [1.165, 1.54) is 4.57 Å². The summed E-state index contributed by atoms with van der Waals surface area (Å²) in [5.74, 6) is 0. The Kier molecular flexibility index (Phi) is 7.71. The maximum absolute atomic E-state index is 12.3. The Morgan fingerprint density at radius 3 is 2.04 bits per heavy atom. The predicted molar refractivity (Wildman–Crippen MR) is 112 cm³/mol. The molecule has 1 heterocycles. The zero-order valence-corrected chi connectivity index (χ0v) is 20.2. The number of aromatic nitrogens is 2. The van der Waals surface area contributed by atoms with Gasteiger partial charge in [0, 0.05) is 28.8 Å². The van der Waals surface area contributed by atoms with E-state index >= 15 is 0 Å². The van der Waals surface area contributed by atoms with Crippen LogP contribution in [0.5, 0.6) is 0 Å². The monoisotopic (exact) mass is 480 g/mol. The third-order valence-corrected chi connectivity index (χ3v) is 11.3. The van der Waals surface area contributed by atoms with Crippen LogP contribution < -0.4 is 0 Å². The molecule has 0 aromatic carbocycles. The van der Waals surface area contributed by atoms with Crippen LogP contribution in [0, 0.1) is 3.83 Å². The summed E-state index contributed by atoms with van der Waals surface area (Å²) < 4.78 is 14.0. The second-order valence-electron chi connectivity index (χ2n) is 8.46. The molecule has 0 N–H and O–H groups in total. The van der Waals surface area contributed by atoms with Crippen LogP contribution in [0.3, 0.4) is 0 Å². The molecule has 0 atom stereocenters. The second kappa shape index (κ2) is 8.52. The Labute approximate surface area is 167 Å². The summed E-state index contributed by atoms with van der Waals surface area (Å²) in [6, 6.07) is 0. The van der Waals surface area contributed by atoms with Crippen LogP contribution in [0.2, 0.25) is 16.6 Å². The number of carbonyl (C=O) groups is 1. The summed E-state index contributed by atoms with van der Waals surface area (Å²) >= 11 is 2.06. The van der Waals surface area contributed by atoms with Crippen molar-refractivity contribution in [1.29, 1.82) is 0 Å². The smallest absolute Gasteiger partial charge is 0.420 e. The van der Waals surface area contributed by atoms with Gasteiger partial charge in [-0.2, -0.15) is 0 Å². The van der Waals surface area contributed by atoms with Crippen molar-refractivity contribution in [2.75, 3.05) is 0 Å². The fraction of sp³-hybridized carbons (Fsp3) is 0.778. The SMILES string of the molecule is CC(C)[Si](OCc1cn(C(=O)OC(C)(C)C)c(I)n1)(C(C)C)C(C)C.